The van der Waals surface area contributed by atoms with Gasteiger partial charge >= 0.3 is 0 Å². The van der Waals surface area contributed by atoms with Crippen LogP contribution in [0.4, 0.5) is 11.5 Å². The minimum absolute atomic E-state index is 0.260. The molecule has 2 N–H and O–H groups in total. The molecule has 0 fully saturated rings. The summed E-state index contributed by atoms with van der Waals surface area (Å²) in [5.41, 5.74) is 0.448. The Hall–Kier alpha value is -1.85. The lowest BCUT2D eigenvalue weighted by molar-refractivity contribution is 0.0914. The summed E-state index contributed by atoms with van der Waals surface area (Å²) in [4.78, 5) is 20.2. The van der Waals surface area contributed by atoms with Crippen molar-refractivity contribution in [1.29, 1.82) is 0 Å². The van der Waals surface area contributed by atoms with E-state index in [1.165, 1.54) is 6.33 Å². The number of para-hydroxylation sites is 1. The summed E-state index contributed by atoms with van der Waals surface area (Å²) in [6.07, 6.45) is 1.31. The van der Waals surface area contributed by atoms with Gasteiger partial charge in [0.15, 0.2) is 0 Å². The molecule has 0 saturated heterocycles. The molecule has 0 spiro atoms. The number of halogens is 2. The minimum Gasteiger partial charge on any atom is -0.346 e. The van der Waals surface area contributed by atoms with Gasteiger partial charge in [0, 0.05) is 11.6 Å². The first-order valence-electron chi connectivity index (χ1n) is 6.62. The third-order valence-electron chi connectivity index (χ3n) is 2.60. The highest BCUT2D eigenvalue weighted by atomic mass is 35.5. The zero-order valence-electron chi connectivity index (χ0n) is 12.4. The van der Waals surface area contributed by atoms with Crippen LogP contribution in [-0.2, 0) is 0 Å². The lowest BCUT2D eigenvalue weighted by Gasteiger charge is -2.20. The van der Waals surface area contributed by atoms with Crippen molar-refractivity contribution in [3.63, 3.8) is 0 Å². The van der Waals surface area contributed by atoms with Gasteiger partial charge in [-0.2, -0.15) is 0 Å². The Bertz CT molecular complexity index is 678. The van der Waals surface area contributed by atoms with E-state index in [4.69, 9.17) is 23.2 Å². The Labute approximate surface area is 139 Å². The normalized spacial score (nSPS) is 11.1. The van der Waals surface area contributed by atoms with Gasteiger partial charge in [-0.05, 0) is 32.9 Å². The van der Waals surface area contributed by atoms with Crippen LogP contribution in [-0.4, -0.2) is 21.4 Å². The number of rotatable bonds is 3. The maximum Gasteiger partial charge on any atom is 0.270 e. The number of carbonyl (C=O) groups is 1. The van der Waals surface area contributed by atoms with E-state index in [1.807, 2.05) is 20.8 Å². The molecule has 0 aliphatic carbocycles. The van der Waals surface area contributed by atoms with Gasteiger partial charge in [-0.25, -0.2) is 9.97 Å². The van der Waals surface area contributed by atoms with E-state index in [1.54, 1.807) is 24.3 Å². The summed E-state index contributed by atoms with van der Waals surface area (Å²) in [5.74, 6) is 0.160. The first kappa shape index (κ1) is 16.5. The van der Waals surface area contributed by atoms with Crippen molar-refractivity contribution in [2.45, 2.75) is 26.3 Å². The highest BCUT2D eigenvalue weighted by molar-refractivity contribution is 6.39. The average Bonchev–Trinajstić information content (AvgIpc) is 2.41. The fraction of sp³-hybridized carbons (Fsp3) is 0.267. The number of benzene rings is 1. The number of hydrogen-bond donors (Lipinski definition) is 2. The molecule has 1 heterocycles. The monoisotopic (exact) mass is 338 g/mol. The zero-order chi connectivity index (χ0) is 16.3. The molecular weight excluding hydrogens is 323 g/mol. The maximum absolute atomic E-state index is 12.1. The largest absolute Gasteiger partial charge is 0.346 e. The molecule has 0 aliphatic heterocycles. The van der Waals surface area contributed by atoms with Crippen LogP contribution in [0.1, 0.15) is 31.3 Å². The SMILES string of the molecule is CC(C)(C)NC(=O)c1cc(Nc2c(Cl)cccc2Cl)ncn1. The quantitative estimate of drug-likeness (QED) is 0.885. The molecule has 0 aliphatic rings. The van der Waals surface area contributed by atoms with E-state index in [-0.39, 0.29) is 17.1 Å². The smallest absolute Gasteiger partial charge is 0.270 e. The second-order valence-corrected chi connectivity index (χ2v) is 6.53. The Morgan fingerprint density at radius 2 is 1.77 bits per heavy atom. The van der Waals surface area contributed by atoms with Crippen molar-refractivity contribution in [2.75, 3.05) is 5.32 Å². The maximum atomic E-state index is 12.1. The number of amides is 1. The van der Waals surface area contributed by atoms with Crippen molar-refractivity contribution in [1.82, 2.24) is 15.3 Å². The van der Waals surface area contributed by atoms with Gasteiger partial charge in [-0.15, -0.1) is 0 Å². The van der Waals surface area contributed by atoms with Crippen LogP contribution in [0.25, 0.3) is 0 Å². The van der Waals surface area contributed by atoms with Crippen LogP contribution in [0, 0.1) is 0 Å². The Balaban J connectivity index is 2.24. The fourth-order valence-electron chi connectivity index (χ4n) is 1.70. The predicted molar refractivity (Wildman–Crippen MR) is 89.0 cm³/mol. The molecule has 7 heteroatoms. The average molecular weight is 339 g/mol. The standard InChI is InChI=1S/C15H16Cl2N4O/c1-15(2,3)21-14(22)11-7-12(19-8-18-11)20-13-9(16)5-4-6-10(13)17/h4-8H,1-3H3,(H,21,22)(H,18,19,20). The van der Waals surface area contributed by atoms with E-state index in [2.05, 4.69) is 20.6 Å². The lowest BCUT2D eigenvalue weighted by Crippen LogP contribution is -2.40. The number of nitrogens with one attached hydrogen (secondary N) is 2. The molecule has 0 saturated carbocycles. The summed E-state index contributed by atoms with van der Waals surface area (Å²) in [6, 6.07) is 6.72. The van der Waals surface area contributed by atoms with E-state index in [9.17, 15) is 4.79 Å². The van der Waals surface area contributed by atoms with Crippen LogP contribution in [0.2, 0.25) is 10.0 Å². The van der Waals surface area contributed by atoms with Crippen molar-refractivity contribution < 1.29 is 4.79 Å². The van der Waals surface area contributed by atoms with Gasteiger partial charge in [0.05, 0.1) is 15.7 Å². The molecule has 1 aromatic heterocycles. The van der Waals surface area contributed by atoms with Crippen LogP contribution >= 0.6 is 23.2 Å². The summed E-state index contributed by atoms with van der Waals surface area (Å²) in [7, 11) is 0. The number of nitrogens with zero attached hydrogens (tertiary/aromatic N) is 2. The molecule has 116 valence electrons. The summed E-state index contributed by atoms with van der Waals surface area (Å²) in [5, 5.41) is 6.77. The summed E-state index contributed by atoms with van der Waals surface area (Å²) < 4.78 is 0. The number of aromatic nitrogens is 2. The Morgan fingerprint density at radius 3 is 2.36 bits per heavy atom. The van der Waals surface area contributed by atoms with Gasteiger partial charge in [0.25, 0.3) is 5.91 Å². The van der Waals surface area contributed by atoms with E-state index in [0.717, 1.165) is 0 Å². The minimum atomic E-state index is -0.346. The van der Waals surface area contributed by atoms with Crippen molar-refractivity contribution in [2.24, 2.45) is 0 Å². The molecule has 5 nitrogen and oxygen atoms in total. The summed E-state index contributed by atoms with van der Waals surface area (Å²) in [6.45, 7) is 5.69. The Morgan fingerprint density at radius 1 is 1.14 bits per heavy atom. The molecule has 0 bridgehead atoms. The molecule has 22 heavy (non-hydrogen) atoms. The van der Waals surface area contributed by atoms with Crippen molar-refractivity contribution in [3.05, 3.63) is 46.3 Å². The predicted octanol–water partition coefficient (Wildman–Crippen LogP) is 4.06. The second kappa shape index (κ2) is 6.50. The van der Waals surface area contributed by atoms with Crippen LogP contribution < -0.4 is 10.6 Å². The van der Waals surface area contributed by atoms with Gasteiger partial charge in [0.2, 0.25) is 0 Å². The zero-order valence-corrected chi connectivity index (χ0v) is 14.0. The molecule has 1 amide bonds. The molecule has 0 unspecified atom stereocenters. The molecule has 0 radical (unpaired) electrons. The van der Waals surface area contributed by atoms with Gasteiger partial charge < -0.3 is 10.6 Å². The topological polar surface area (TPSA) is 66.9 Å². The summed E-state index contributed by atoms with van der Waals surface area (Å²) >= 11 is 12.2. The van der Waals surface area contributed by atoms with E-state index in [0.29, 0.717) is 21.6 Å². The van der Waals surface area contributed by atoms with Crippen molar-refractivity contribution >= 4 is 40.6 Å². The lowest BCUT2D eigenvalue weighted by atomic mass is 10.1. The van der Waals surface area contributed by atoms with Gasteiger partial charge in [0.1, 0.15) is 17.8 Å². The van der Waals surface area contributed by atoms with Crippen molar-refractivity contribution in [3.8, 4) is 0 Å². The molecule has 1 aromatic carbocycles. The van der Waals surface area contributed by atoms with E-state index < -0.39 is 0 Å². The number of hydrogen-bond acceptors (Lipinski definition) is 4. The van der Waals surface area contributed by atoms with E-state index >= 15 is 0 Å². The fourth-order valence-corrected chi connectivity index (χ4v) is 2.19. The number of anilines is 2. The molecule has 0 atom stereocenters. The highest BCUT2D eigenvalue weighted by Gasteiger charge is 2.17. The third-order valence-corrected chi connectivity index (χ3v) is 3.23. The molecule has 2 aromatic rings. The van der Waals surface area contributed by atoms with Crippen LogP contribution in [0.5, 0.6) is 0 Å². The van der Waals surface area contributed by atoms with Crippen LogP contribution in [0.15, 0.2) is 30.6 Å². The first-order chi connectivity index (χ1) is 10.3. The van der Waals surface area contributed by atoms with Gasteiger partial charge in [-0.3, -0.25) is 4.79 Å². The number of carbonyl (C=O) groups excluding carboxylic acids is 1. The van der Waals surface area contributed by atoms with Gasteiger partial charge in [-0.1, -0.05) is 29.3 Å². The third kappa shape index (κ3) is 4.32. The second-order valence-electron chi connectivity index (χ2n) is 5.71. The molecule has 2 rings (SSSR count). The molecular formula is C15H16Cl2N4O. The van der Waals surface area contributed by atoms with Crippen LogP contribution in [0.3, 0.4) is 0 Å². The highest BCUT2D eigenvalue weighted by Crippen LogP contribution is 2.31. The first-order valence-corrected chi connectivity index (χ1v) is 7.37. The Kier molecular flexibility index (Phi) is 4.88.